The van der Waals surface area contributed by atoms with Gasteiger partial charge in [-0.15, -0.1) is 0 Å². The van der Waals surface area contributed by atoms with Gasteiger partial charge in [0.2, 0.25) is 16.4 Å². The highest BCUT2D eigenvalue weighted by Crippen LogP contribution is 2.50. The second-order valence-electron chi connectivity index (χ2n) is 15.9. The Morgan fingerprint density at radius 3 is 2.32 bits per heavy atom. The summed E-state index contributed by atoms with van der Waals surface area (Å²) in [6, 6.07) is 18.5. The average molecular weight is 906 g/mol. The number of amides is 1. The average Bonchev–Trinajstić information content (AvgIpc) is 3.85. The van der Waals surface area contributed by atoms with Crippen molar-refractivity contribution in [1.82, 2.24) is 14.5 Å². The number of methoxy groups -OCH3 is 1. The maximum Gasteiger partial charge on any atom is 0.417 e. The number of fused-ring (bicyclic) bond motifs is 1. The van der Waals surface area contributed by atoms with E-state index in [2.05, 4.69) is 5.32 Å². The summed E-state index contributed by atoms with van der Waals surface area (Å²) in [5.41, 5.74) is 1.53. The van der Waals surface area contributed by atoms with Gasteiger partial charge in [0, 0.05) is 19.6 Å². The third kappa shape index (κ3) is 13.9. The summed E-state index contributed by atoms with van der Waals surface area (Å²) in [6.45, 7) is 7.89. The molecule has 2 N–H and O–H groups in total. The maximum atomic E-state index is 14.2. The lowest BCUT2D eigenvalue weighted by Gasteiger charge is -2.31. The fourth-order valence-corrected chi connectivity index (χ4v) is 10.1. The molecule has 3 aromatic rings. The number of aliphatic hydroxyl groups excluding tert-OH is 1. The maximum absolute atomic E-state index is 14.2. The molecule has 2 aliphatic rings. The van der Waals surface area contributed by atoms with Gasteiger partial charge in [0.25, 0.3) is 0 Å². The fraction of sp³-hybridized carbons (Fsp3) is 0.535. The van der Waals surface area contributed by atoms with E-state index in [-0.39, 0.29) is 61.0 Å². The minimum absolute atomic E-state index is 0.0220. The molecule has 1 amide bonds. The lowest BCUT2D eigenvalue weighted by Crippen LogP contribution is -2.51. The number of alkyl carbamates (subject to hydrolysis) is 1. The van der Waals surface area contributed by atoms with Crippen LogP contribution in [0.25, 0.3) is 0 Å². The molecule has 342 valence electrons. The van der Waals surface area contributed by atoms with E-state index in [9.17, 15) is 27.7 Å². The lowest BCUT2D eigenvalue weighted by molar-refractivity contribution is -0.150. The van der Waals surface area contributed by atoms with Gasteiger partial charge in [-0.25, -0.2) is 22.6 Å². The monoisotopic (exact) mass is 905 g/mol. The van der Waals surface area contributed by atoms with E-state index in [1.54, 1.807) is 61.5 Å². The Morgan fingerprint density at radius 2 is 1.66 bits per heavy atom. The van der Waals surface area contributed by atoms with Crippen molar-refractivity contribution in [3.63, 3.8) is 0 Å². The smallest absolute Gasteiger partial charge is 0.417 e. The molecule has 0 saturated carbocycles. The molecule has 17 nitrogen and oxygen atoms in total. The van der Waals surface area contributed by atoms with E-state index in [0.717, 1.165) is 5.56 Å². The predicted octanol–water partition coefficient (Wildman–Crippen LogP) is 5.44. The number of carbonyl (C=O) groups excluding carboxylic acids is 2. The molecule has 62 heavy (non-hydrogen) atoms. The first kappa shape index (κ1) is 48.8. The van der Waals surface area contributed by atoms with Crippen molar-refractivity contribution in [1.29, 1.82) is 0 Å². The van der Waals surface area contributed by atoms with Gasteiger partial charge >= 0.3 is 19.7 Å². The van der Waals surface area contributed by atoms with Gasteiger partial charge in [0.1, 0.15) is 23.4 Å². The highest BCUT2D eigenvalue weighted by molar-refractivity contribution is 7.89. The van der Waals surface area contributed by atoms with Gasteiger partial charge in [-0.2, -0.15) is 4.31 Å². The number of carbonyl (C=O) groups is 2. The van der Waals surface area contributed by atoms with Gasteiger partial charge in [0.15, 0.2) is 12.4 Å². The molecule has 0 aliphatic carbocycles. The van der Waals surface area contributed by atoms with Crippen LogP contribution in [0.3, 0.4) is 0 Å². The molecule has 2 heterocycles. The van der Waals surface area contributed by atoms with Crippen LogP contribution in [0.4, 0.5) is 4.79 Å². The molecule has 0 bridgehead atoms. The molecule has 19 heteroatoms. The second-order valence-corrected chi connectivity index (χ2v) is 19.7. The molecule has 2 saturated heterocycles. The third-order valence-electron chi connectivity index (χ3n) is 10.0. The number of hydrogen-bond acceptors (Lipinski definition) is 15. The Balaban J connectivity index is 1.33. The quantitative estimate of drug-likeness (QED) is 0.0901. The van der Waals surface area contributed by atoms with Crippen LogP contribution in [-0.4, -0.2) is 126 Å². The molecule has 3 aromatic carbocycles. The SMILES string of the molecule is CCOC(=O)C(C)OP(=O)(COc1ccc(C[C@H](NC(=O)O[C@H]2COC3OCC[C@H]32)[C@H](O)CN(CC(C)C)S(=O)(=O)c2ccc(OC)cc2)cc1)Oc1cccc(CN(C)C)c1. The normalized spacial score (nSPS) is 20.0. The van der Waals surface area contributed by atoms with Crippen molar-refractivity contribution >= 4 is 29.7 Å². The first-order chi connectivity index (χ1) is 29.5. The fourth-order valence-electron chi connectivity index (χ4n) is 7.04. The van der Waals surface area contributed by atoms with Crippen LogP contribution in [0, 0.1) is 11.8 Å². The van der Waals surface area contributed by atoms with E-state index in [1.165, 1.54) is 30.5 Å². The molecule has 3 unspecified atom stereocenters. The van der Waals surface area contributed by atoms with E-state index in [4.69, 9.17) is 37.5 Å². The highest BCUT2D eigenvalue weighted by Gasteiger charge is 2.44. The molecular weight excluding hydrogens is 846 g/mol. The number of benzene rings is 3. The van der Waals surface area contributed by atoms with Crippen LogP contribution in [0.2, 0.25) is 0 Å². The van der Waals surface area contributed by atoms with Crippen LogP contribution in [0.5, 0.6) is 17.2 Å². The summed E-state index contributed by atoms with van der Waals surface area (Å²) in [4.78, 5) is 27.9. The van der Waals surface area contributed by atoms with Gasteiger partial charge in [-0.05, 0) is 106 Å². The van der Waals surface area contributed by atoms with Crippen molar-refractivity contribution in [2.45, 2.75) is 82.6 Å². The minimum Gasteiger partial charge on any atom is -0.497 e. The summed E-state index contributed by atoms with van der Waals surface area (Å²) in [6.07, 6.45) is -4.28. The standard InChI is InChI=1S/C43H60N3O14PS/c1-8-54-41(48)30(4)59-61(50,60-35-11-9-10-32(22-35)25-45(5)6)28-57-34-14-12-31(13-15-34)23-38(44-43(49)58-40-27-56-42-37(40)20-21-55-42)39(47)26-46(24-29(2)3)62(51,52)36-18-16-33(53-7)17-19-36/h9-19,22,29-30,37-40,42,47H,8,20-21,23-28H2,1-7H3,(H,44,49)/t30?,37-,38-,39+,40-,42?,61?/m0/s1. The zero-order chi connectivity index (χ0) is 45.0. The minimum atomic E-state index is -4.15. The number of nitrogens with one attached hydrogen (secondary N) is 1. The number of sulfonamides is 1. The molecule has 0 radical (unpaired) electrons. The third-order valence-corrected chi connectivity index (χ3v) is 13.4. The Morgan fingerprint density at radius 1 is 0.952 bits per heavy atom. The first-order valence-corrected chi connectivity index (χ1v) is 23.8. The molecule has 7 atom stereocenters. The van der Waals surface area contributed by atoms with Gasteiger partial charge in [-0.3, -0.25) is 4.52 Å². The Hall–Kier alpha value is -4.26. The number of rotatable bonds is 23. The summed E-state index contributed by atoms with van der Waals surface area (Å²) in [5, 5.41) is 14.6. The number of esters is 1. The number of aliphatic hydroxyl groups is 1. The first-order valence-electron chi connectivity index (χ1n) is 20.6. The molecule has 2 fully saturated rings. The molecule has 0 spiro atoms. The van der Waals surface area contributed by atoms with Crippen LogP contribution in [0.15, 0.2) is 77.7 Å². The molecule has 5 rings (SSSR count). The molecular formula is C43H60N3O14PS. The van der Waals surface area contributed by atoms with Crippen LogP contribution in [0.1, 0.15) is 45.2 Å². The van der Waals surface area contributed by atoms with E-state index in [1.807, 2.05) is 38.9 Å². The van der Waals surface area contributed by atoms with E-state index >= 15 is 0 Å². The zero-order valence-corrected chi connectivity index (χ0v) is 38.0. The van der Waals surface area contributed by atoms with Crippen LogP contribution < -0.4 is 19.3 Å². The van der Waals surface area contributed by atoms with Crippen molar-refractivity contribution in [3.8, 4) is 17.2 Å². The van der Waals surface area contributed by atoms with Crippen molar-refractivity contribution < 1.29 is 65.1 Å². The van der Waals surface area contributed by atoms with Gasteiger partial charge in [0.05, 0.1) is 49.9 Å². The van der Waals surface area contributed by atoms with Gasteiger partial charge in [-0.1, -0.05) is 38.1 Å². The largest absolute Gasteiger partial charge is 0.497 e. The van der Waals surface area contributed by atoms with Crippen molar-refractivity contribution in [2.24, 2.45) is 11.8 Å². The Labute approximate surface area is 364 Å². The summed E-state index contributed by atoms with van der Waals surface area (Å²) in [5.74, 6) is 0.0899. The Bertz CT molecular complexity index is 2070. The van der Waals surface area contributed by atoms with Crippen molar-refractivity contribution in [2.75, 3.05) is 60.5 Å². The summed E-state index contributed by atoms with van der Waals surface area (Å²) >= 11 is 0. The number of ether oxygens (including phenoxy) is 6. The van der Waals surface area contributed by atoms with Crippen molar-refractivity contribution in [3.05, 3.63) is 83.9 Å². The van der Waals surface area contributed by atoms with E-state index < -0.39 is 66.7 Å². The summed E-state index contributed by atoms with van der Waals surface area (Å²) in [7, 11) is -2.92. The molecule has 0 aromatic heterocycles. The van der Waals surface area contributed by atoms with Crippen LogP contribution >= 0.6 is 7.60 Å². The second kappa shape index (κ2) is 22.4. The van der Waals surface area contributed by atoms with Crippen LogP contribution in [-0.2, 0) is 55.8 Å². The zero-order valence-electron chi connectivity index (χ0n) is 36.3. The summed E-state index contributed by atoms with van der Waals surface area (Å²) < 4.78 is 88.1. The Kier molecular flexibility index (Phi) is 17.6. The lowest BCUT2D eigenvalue weighted by atomic mass is 10.0. The highest BCUT2D eigenvalue weighted by atomic mass is 32.2. The predicted molar refractivity (Wildman–Crippen MR) is 228 cm³/mol. The van der Waals surface area contributed by atoms with E-state index in [0.29, 0.717) is 30.9 Å². The topological polar surface area (TPSA) is 198 Å². The molecule has 2 aliphatic heterocycles. The number of nitrogens with zero attached hydrogens (tertiary/aromatic N) is 2. The number of hydrogen-bond donors (Lipinski definition) is 2. The van der Waals surface area contributed by atoms with Gasteiger partial charge < -0.3 is 48.3 Å².